The van der Waals surface area contributed by atoms with Crippen molar-refractivity contribution in [3.05, 3.63) is 0 Å². The Balaban J connectivity index is 3.37. The number of esters is 1. The van der Waals surface area contributed by atoms with Crippen molar-refractivity contribution in [1.29, 1.82) is 0 Å². The zero-order valence-corrected chi connectivity index (χ0v) is 11.7. The van der Waals surface area contributed by atoms with E-state index in [1.54, 1.807) is 7.11 Å². The van der Waals surface area contributed by atoms with Crippen LogP contribution in [0.1, 0.15) is 46.5 Å². The van der Waals surface area contributed by atoms with Crippen LogP contribution in [0.15, 0.2) is 0 Å². The molecule has 0 fully saturated rings. The lowest BCUT2D eigenvalue weighted by Crippen LogP contribution is -2.43. The molecule has 0 heterocycles. The third-order valence-corrected chi connectivity index (χ3v) is 2.47. The number of unbranched alkanes of at least 4 members (excludes halogenated alkanes) is 2. The first kappa shape index (κ1) is 16.4. The van der Waals surface area contributed by atoms with Crippen LogP contribution in [-0.4, -0.2) is 38.4 Å². The lowest BCUT2D eigenvalue weighted by Gasteiger charge is -2.25. The first-order valence-corrected chi connectivity index (χ1v) is 6.41. The highest BCUT2D eigenvalue weighted by Gasteiger charge is 2.15. The van der Waals surface area contributed by atoms with Crippen LogP contribution in [0.4, 0.5) is 0 Å². The largest absolute Gasteiger partial charge is 0.466 e. The lowest BCUT2D eigenvalue weighted by molar-refractivity contribution is -0.143. The first-order chi connectivity index (χ1) is 8.02. The molecular weight excluding hydrogens is 218 g/mol. The third-order valence-electron chi connectivity index (χ3n) is 2.47. The van der Waals surface area contributed by atoms with Gasteiger partial charge in [-0.3, -0.25) is 4.79 Å². The van der Waals surface area contributed by atoms with Crippen molar-refractivity contribution in [3.8, 4) is 0 Å². The normalized spacial score (nSPS) is 11.5. The van der Waals surface area contributed by atoms with E-state index in [-0.39, 0.29) is 11.5 Å². The summed E-state index contributed by atoms with van der Waals surface area (Å²) in [5, 5.41) is 3.43. The van der Waals surface area contributed by atoms with Crippen molar-refractivity contribution >= 4 is 5.97 Å². The molecule has 17 heavy (non-hydrogen) atoms. The molecule has 0 aliphatic carbocycles. The summed E-state index contributed by atoms with van der Waals surface area (Å²) in [5.41, 5.74) is 0.0237. The van der Waals surface area contributed by atoms with Gasteiger partial charge in [0.2, 0.25) is 0 Å². The van der Waals surface area contributed by atoms with E-state index < -0.39 is 0 Å². The fourth-order valence-corrected chi connectivity index (χ4v) is 1.64. The molecule has 4 nitrogen and oxygen atoms in total. The van der Waals surface area contributed by atoms with Gasteiger partial charge in [0.15, 0.2) is 0 Å². The molecule has 0 saturated heterocycles. The molecule has 0 aromatic heterocycles. The van der Waals surface area contributed by atoms with Gasteiger partial charge in [-0.15, -0.1) is 0 Å². The summed E-state index contributed by atoms with van der Waals surface area (Å²) in [4.78, 5) is 11.1. The Hall–Kier alpha value is -0.610. The van der Waals surface area contributed by atoms with Crippen molar-refractivity contribution in [1.82, 2.24) is 5.32 Å². The summed E-state index contributed by atoms with van der Waals surface area (Å²) >= 11 is 0. The molecule has 0 rings (SSSR count). The van der Waals surface area contributed by atoms with Gasteiger partial charge in [-0.05, 0) is 40.2 Å². The van der Waals surface area contributed by atoms with E-state index in [1.165, 1.54) is 0 Å². The second kappa shape index (κ2) is 9.42. The van der Waals surface area contributed by atoms with Gasteiger partial charge in [-0.1, -0.05) is 6.42 Å². The number of hydrogen-bond donors (Lipinski definition) is 1. The molecule has 0 radical (unpaired) electrons. The monoisotopic (exact) mass is 245 g/mol. The molecule has 0 atom stereocenters. The van der Waals surface area contributed by atoms with Gasteiger partial charge >= 0.3 is 5.97 Å². The molecule has 0 amide bonds. The van der Waals surface area contributed by atoms with Crippen LogP contribution in [0.5, 0.6) is 0 Å². The van der Waals surface area contributed by atoms with Crippen LogP contribution in [0.25, 0.3) is 0 Å². The predicted molar refractivity (Wildman–Crippen MR) is 69.1 cm³/mol. The maximum absolute atomic E-state index is 11.1. The van der Waals surface area contributed by atoms with E-state index in [2.05, 4.69) is 19.2 Å². The molecule has 0 aromatic rings. The van der Waals surface area contributed by atoms with Crippen LogP contribution >= 0.6 is 0 Å². The molecule has 0 aromatic carbocycles. The SMILES string of the molecule is CCOC(=O)CCCCCNC(C)(C)COC. The molecule has 4 heteroatoms. The van der Waals surface area contributed by atoms with Crippen LogP contribution in [0, 0.1) is 0 Å². The van der Waals surface area contributed by atoms with Crippen LogP contribution in [-0.2, 0) is 14.3 Å². The standard InChI is InChI=1S/C13H27NO3/c1-5-17-12(15)9-7-6-8-10-14-13(2,3)11-16-4/h14H,5-11H2,1-4H3. The van der Waals surface area contributed by atoms with E-state index in [4.69, 9.17) is 9.47 Å². The minimum atomic E-state index is -0.0832. The third kappa shape index (κ3) is 10.3. The quantitative estimate of drug-likeness (QED) is 0.473. The first-order valence-electron chi connectivity index (χ1n) is 6.41. The van der Waals surface area contributed by atoms with Crippen molar-refractivity contribution in [2.24, 2.45) is 0 Å². The summed E-state index contributed by atoms with van der Waals surface area (Å²) in [6.45, 7) is 8.21. The van der Waals surface area contributed by atoms with Gasteiger partial charge in [0, 0.05) is 19.1 Å². The molecular formula is C13H27NO3. The number of carbonyl (C=O) groups excluding carboxylic acids is 1. The van der Waals surface area contributed by atoms with Gasteiger partial charge in [-0.25, -0.2) is 0 Å². The smallest absolute Gasteiger partial charge is 0.305 e. The fraction of sp³-hybridized carbons (Fsp3) is 0.923. The van der Waals surface area contributed by atoms with Gasteiger partial charge in [0.25, 0.3) is 0 Å². The van der Waals surface area contributed by atoms with Gasteiger partial charge in [0.05, 0.1) is 13.2 Å². The van der Waals surface area contributed by atoms with Gasteiger partial charge in [-0.2, -0.15) is 0 Å². The van der Waals surface area contributed by atoms with E-state index in [0.717, 1.165) is 25.8 Å². The zero-order valence-electron chi connectivity index (χ0n) is 11.7. The average Bonchev–Trinajstić information content (AvgIpc) is 2.23. The minimum Gasteiger partial charge on any atom is -0.466 e. The topological polar surface area (TPSA) is 47.6 Å². The number of ether oxygens (including phenoxy) is 2. The number of nitrogens with one attached hydrogen (secondary N) is 1. The van der Waals surface area contributed by atoms with Crippen LogP contribution in [0.2, 0.25) is 0 Å². The number of methoxy groups -OCH3 is 1. The highest BCUT2D eigenvalue weighted by molar-refractivity contribution is 5.69. The molecule has 0 spiro atoms. The minimum absolute atomic E-state index is 0.0237. The second-order valence-electron chi connectivity index (χ2n) is 4.86. The fourth-order valence-electron chi connectivity index (χ4n) is 1.64. The molecule has 0 unspecified atom stereocenters. The number of carbonyl (C=O) groups is 1. The Morgan fingerprint density at radius 3 is 2.53 bits per heavy atom. The predicted octanol–water partition coefficient (Wildman–Crippen LogP) is 2.12. The van der Waals surface area contributed by atoms with Crippen molar-refractivity contribution in [2.75, 3.05) is 26.9 Å². The summed E-state index contributed by atoms with van der Waals surface area (Å²) in [6.07, 6.45) is 3.57. The summed E-state index contributed by atoms with van der Waals surface area (Å²) < 4.78 is 9.98. The van der Waals surface area contributed by atoms with E-state index >= 15 is 0 Å². The number of hydrogen-bond acceptors (Lipinski definition) is 4. The second-order valence-corrected chi connectivity index (χ2v) is 4.86. The maximum atomic E-state index is 11.1. The van der Waals surface area contributed by atoms with Crippen molar-refractivity contribution in [2.45, 2.75) is 52.0 Å². The Kier molecular flexibility index (Phi) is 9.09. The van der Waals surface area contributed by atoms with E-state index in [1.807, 2.05) is 6.92 Å². The molecule has 102 valence electrons. The Bertz CT molecular complexity index is 205. The van der Waals surface area contributed by atoms with E-state index in [9.17, 15) is 4.79 Å². The summed E-state index contributed by atoms with van der Waals surface area (Å²) in [5.74, 6) is -0.0832. The Labute approximate surface area is 105 Å². The molecule has 0 aliphatic rings. The van der Waals surface area contributed by atoms with Crippen molar-refractivity contribution < 1.29 is 14.3 Å². The molecule has 1 N–H and O–H groups in total. The van der Waals surface area contributed by atoms with Crippen LogP contribution in [0.3, 0.4) is 0 Å². The lowest BCUT2D eigenvalue weighted by atomic mass is 10.1. The molecule has 0 aliphatic heterocycles. The Morgan fingerprint density at radius 2 is 1.94 bits per heavy atom. The average molecular weight is 245 g/mol. The molecule has 0 saturated carbocycles. The van der Waals surface area contributed by atoms with E-state index in [0.29, 0.717) is 19.6 Å². The molecule has 0 bridgehead atoms. The van der Waals surface area contributed by atoms with Crippen LogP contribution < -0.4 is 5.32 Å². The summed E-state index contributed by atoms with van der Waals surface area (Å²) in [6, 6.07) is 0. The number of rotatable bonds is 10. The highest BCUT2D eigenvalue weighted by atomic mass is 16.5. The zero-order chi connectivity index (χ0) is 13.1. The highest BCUT2D eigenvalue weighted by Crippen LogP contribution is 2.04. The van der Waals surface area contributed by atoms with Gasteiger partial charge in [0.1, 0.15) is 0 Å². The van der Waals surface area contributed by atoms with Crippen molar-refractivity contribution in [3.63, 3.8) is 0 Å². The summed E-state index contributed by atoms with van der Waals surface area (Å²) in [7, 11) is 1.71. The maximum Gasteiger partial charge on any atom is 0.305 e. The van der Waals surface area contributed by atoms with Gasteiger partial charge < -0.3 is 14.8 Å². The Morgan fingerprint density at radius 1 is 1.24 bits per heavy atom.